The highest BCUT2D eigenvalue weighted by Gasteiger charge is 2.54. The molecule has 2 aliphatic heterocycles. The van der Waals surface area contributed by atoms with Crippen LogP contribution in [0.25, 0.3) is 10.8 Å². The highest BCUT2D eigenvalue weighted by molar-refractivity contribution is 8.00. The number of oxime groups is 1. The van der Waals surface area contributed by atoms with Crippen LogP contribution in [-0.4, -0.2) is 95.0 Å². The second kappa shape index (κ2) is 12.2. The fourth-order valence-corrected chi connectivity index (χ4v) is 6.43. The van der Waals surface area contributed by atoms with Gasteiger partial charge in [0, 0.05) is 23.2 Å². The number of thiazole rings is 1. The van der Waals surface area contributed by atoms with E-state index in [0.717, 1.165) is 16.2 Å². The van der Waals surface area contributed by atoms with Crippen LogP contribution in [0.4, 0.5) is 5.13 Å². The van der Waals surface area contributed by atoms with Gasteiger partial charge in [-0.25, -0.2) is 14.6 Å². The molecule has 0 spiro atoms. The molecule has 0 saturated carbocycles. The van der Waals surface area contributed by atoms with Crippen molar-refractivity contribution in [3.05, 3.63) is 58.2 Å². The summed E-state index contributed by atoms with van der Waals surface area (Å²) in [5.41, 5.74) is 3.56. The van der Waals surface area contributed by atoms with Crippen molar-refractivity contribution < 1.29 is 49.2 Å². The van der Waals surface area contributed by atoms with Crippen LogP contribution in [0.1, 0.15) is 29.9 Å². The first-order valence-electron chi connectivity index (χ1n) is 13.3. The maximum absolute atomic E-state index is 13.2. The lowest BCUT2D eigenvalue weighted by Gasteiger charge is -2.49. The predicted molar refractivity (Wildman–Crippen MR) is 165 cm³/mol. The number of phenolic OH excluding ortho intramolecular Hbond substituents is 2. The molecular weight excluding hydrogens is 644 g/mol. The number of rotatable bonds is 10. The first kappa shape index (κ1) is 32.0. The number of hydrogen-bond acceptors (Lipinski definition) is 13. The third kappa shape index (κ3) is 6.11. The van der Waals surface area contributed by atoms with E-state index in [1.807, 2.05) is 0 Å². The largest absolute Gasteiger partial charge is 0.504 e. The summed E-state index contributed by atoms with van der Waals surface area (Å²) in [6.45, 7) is 2.24. The Morgan fingerprint density at radius 2 is 1.83 bits per heavy atom. The molecule has 0 bridgehead atoms. The van der Waals surface area contributed by atoms with Crippen LogP contribution in [0.3, 0.4) is 0 Å². The highest BCUT2D eigenvalue weighted by Crippen LogP contribution is 2.40. The van der Waals surface area contributed by atoms with E-state index in [-0.39, 0.29) is 51.5 Å². The number of β-lactam (4-membered cyclic amide) rings is 1. The van der Waals surface area contributed by atoms with Crippen molar-refractivity contribution >= 4 is 74.4 Å². The summed E-state index contributed by atoms with van der Waals surface area (Å²) in [6, 6.07) is 6.08. The molecule has 18 heteroatoms. The summed E-state index contributed by atoms with van der Waals surface area (Å²) in [5.74, 6) is -5.50. The third-order valence-electron chi connectivity index (χ3n) is 7.05. The zero-order chi connectivity index (χ0) is 33.5. The summed E-state index contributed by atoms with van der Waals surface area (Å²) < 4.78 is 0. The minimum Gasteiger partial charge on any atom is -0.504 e. The van der Waals surface area contributed by atoms with Gasteiger partial charge < -0.3 is 41.6 Å². The number of thioether (sulfide) groups is 1. The summed E-state index contributed by atoms with van der Waals surface area (Å²) >= 11 is 2.16. The Hall–Kier alpha value is -5.36. The number of aromatic nitrogens is 1. The number of nitrogens with zero attached hydrogens (tertiary/aromatic N) is 3. The van der Waals surface area contributed by atoms with Gasteiger partial charge in [0.2, 0.25) is 5.60 Å². The normalized spacial score (nSPS) is 18.1. The molecule has 2 aromatic carbocycles. The van der Waals surface area contributed by atoms with E-state index in [1.165, 1.54) is 55.3 Å². The Labute approximate surface area is 267 Å². The number of carbonyl (C=O) groups is 5. The van der Waals surface area contributed by atoms with E-state index in [1.54, 1.807) is 6.07 Å². The highest BCUT2D eigenvalue weighted by atomic mass is 32.2. The molecule has 240 valence electrons. The number of anilines is 1. The summed E-state index contributed by atoms with van der Waals surface area (Å²) in [5, 5.41) is 49.4. The number of carboxylic acid groups (broad SMARTS) is 2. The third-order valence-corrected chi connectivity index (χ3v) is 9.07. The van der Waals surface area contributed by atoms with Gasteiger partial charge in [0.15, 0.2) is 22.3 Å². The van der Waals surface area contributed by atoms with Crippen molar-refractivity contribution in [2.24, 2.45) is 5.16 Å². The summed E-state index contributed by atoms with van der Waals surface area (Å²) in [6.07, 6.45) is 0. The van der Waals surface area contributed by atoms with Gasteiger partial charge in [-0.1, -0.05) is 11.2 Å². The zero-order valence-corrected chi connectivity index (χ0v) is 25.6. The van der Waals surface area contributed by atoms with E-state index in [2.05, 4.69) is 20.8 Å². The van der Waals surface area contributed by atoms with Crippen LogP contribution < -0.4 is 16.4 Å². The number of fused-ring (bicyclic) bond motifs is 2. The van der Waals surface area contributed by atoms with Gasteiger partial charge in [0.25, 0.3) is 17.7 Å². The van der Waals surface area contributed by atoms with Gasteiger partial charge >= 0.3 is 11.9 Å². The van der Waals surface area contributed by atoms with Crippen LogP contribution in [0, 0.1) is 0 Å². The second-order valence-electron chi connectivity index (χ2n) is 10.6. The SMILES string of the molecule is CC(C)(O/N=C(\C(=O)N[C@@H]1C(=O)N2C(C(=O)O)=C(CNC(=O)c3ccc4cc(O)c(O)cc4c3)CS[C@H]12)c1csc(N)n1)C(=O)O. The van der Waals surface area contributed by atoms with Gasteiger partial charge in [0.05, 0.1) is 0 Å². The first-order chi connectivity index (χ1) is 21.7. The van der Waals surface area contributed by atoms with Crippen molar-refractivity contribution in [1.82, 2.24) is 20.5 Å². The molecule has 3 heterocycles. The molecule has 8 N–H and O–H groups in total. The molecular formula is C28H26N6O10S2. The van der Waals surface area contributed by atoms with Gasteiger partial charge in [-0.15, -0.1) is 23.1 Å². The summed E-state index contributed by atoms with van der Waals surface area (Å²) in [4.78, 5) is 73.1. The number of amides is 3. The first-order valence-corrected chi connectivity index (χ1v) is 15.3. The average Bonchev–Trinajstić information content (AvgIpc) is 3.43. The Kier molecular flexibility index (Phi) is 8.50. The molecule has 0 radical (unpaired) electrons. The number of hydrogen-bond donors (Lipinski definition) is 7. The average molecular weight is 671 g/mol. The molecule has 0 aliphatic carbocycles. The lowest BCUT2D eigenvalue weighted by atomic mass is 10.0. The number of nitrogens with one attached hydrogen (secondary N) is 2. The molecule has 5 rings (SSSR count). The number of carboxylic acids is 2. The van der Waals surface area contributed by atoms with Crippen LogP contribution in [0.15, 0.2) is 52.1 Å². The molecule has 3 aromatic rings. The lowest BCUT2D eigenvalue weighted by Crippen LogP contribution is -2.71. The Bertz CT molecular complexity index is 1870. The number of benzene rings is 2. The summed E-state index contributed by atoms with van der Waals surface area (Å²) in [7, 11) is 0. The molecule has 1 saturated heterocycles. The number of aromatic hydroxyl groups is 2. The van der Waals surface area contributed by atoms with Gasteiger partial charge in [-0.05, 0) is 54.5 Å². The molecule has 2 atom stereocenters. The zero-order valence-electron chi connectivity index (χ0n) is 24.0. The van der Waals surface area contributed by atoms with Crippen molar-refractivity contribution in [2.75, 3.05) is 18.0 Å². The van der Waals surface area contributed by atoms with Crippen molar-refractivity contribution in [3.63, 3.8) is 0 Å². The molecule has 3 amide bonds. The number of nitrogen functional groups attached to an aromatic ring is 1. The standard InChI is InChI=1S/C28H26N6O10S2/c1-28(2,26(42)43)44-33-18(15-10-46-27(29)31-15)22(38)32-19-23(39)34-20(25(40)41)14(9-45-24(19)34)8-30-21(37)12-4-3-11-6-16(35)17(36)7-13(11)5-12/h3-7,10,19,24,35-36H,8-9H2,1-2H3,(H2,29,31)(H,30,37)(H,32,38)(H,40,41)(H,42,43)/b33-18-/t19-,24-/m1/s1. The fourth-order valence-electron chi connectivity index (χ4n) is 4.53. The maximum Gasteiger partial charge on any atom is 0.352 e. The Morgan fingerprint density at radius 3 is 2.46 bits per heavy atom. The topological polar surface area (TPSA) is 254 Å². The molecule has 0 unspecified atom stereocenters. The minimum atomic E-state index is -1.80. The van der Waals surface area contributed by atoms with E-state index in [0.29, 0.717) is 10.8 Å². The Morgan fingerprint density at radius 1 is 1.13 bits per heavy atom. The van der Waals surface area contributed by atoms with Gasteiger partial charge in [-0.3, -0.25) is 19.3 Å². The molecule has 16 nitrogen and oxygen atoms in total. The molecule has 46 heavy (non-hydrogen) atoms. The van der Waals surface area contributed by atoms with E-state index in [9.17, 15) is 44.4 Å². The Balaban J connectivity index is 1.30. The van der Waals surface area contributed by atoms with Gasteiger partial charge in [0.1, 0.15) is 22.8 Å². The monoisotopic (exact) mass is 670 g/mol. The minimum absolute atomic E-state index is 0.0216. The van der Waals surface area contributed by atoms with Crippen LogP contribution >= 0.6 is 23.1 Å². The number of carbonyl (C=O) groups excluding carboxylic acids is 3. The second-order valence-corrected chi connectivity index (χ2v) is 12.6. The van der Waals surface area contributed by atoms with Crippen molar-refractivity contribution in [3.8, 4) is 11.5 Å². The van der Waals surface area contributed by atoms with Crippen LogP contribution in [0.2, 0.25) is 0 Å². The number of aliphatic carboxylic acids is 2. The van der Waals surface area contributed by atoms with Crippen molar-refractivity contribution in [2.45, 2.75) is 30.9 Å². The van der Waals surface area contributed by atoms with E-state index < -0.39 is 52.4 Å². The molecule has 1 fully saturated rings. The van der Waals surface area contributed by atoms with Crippen LogP contribution in [0.5, 0.6) is 11.5 Å². The predicted octanol–water partition coefficient (Wildman–Crippen LogP) is 1.04. The van der Waals surface area contributed by atoms with E-state index >= 15 is 0 Å². The number of nitrogens with two attached hydrogens (primary N) is 1. The smallest absolute Gasteiger partial charge is 0.352 e. The number of phenols is 2. The fraction of sp³-hybridized carbons (Fsp3) is 0.250. The van der Waals surface area contributed by atoms with Crippen LogP contribution in [-0.2, 0) is 24.0 Å². The van der Waals surface area contributed by atoms with E-state index in [4.69, 9.17) is 10.6 Å². The maximum atomic E-state index is 13.2. The molecule has 2 aliphatic rings. The van der Waals surface area contributed by atoms with Gasteiger partial charge in [-0.2, -0.15) is 0 Å². The molecule has 1 aromatic heterocycles. The quantitative estimate of drug-likeness (QED) is 0.0690. The van der Waals surface area contributed by atoms with Crippen molar-refractivity contribution in [1.29, 1.82) is 0 Å². The lowest BCUT2D eigenvalue weighted by molar-refractivity contribution is -0.161.